The summed E-state index contributed by atoms with van der Waals surface area (Å²) in [7, 11) is -3.61. The van der Waals surface area contributed by atoms with E-state index < -0.39 is 28.0 Å². The molecule has 0 saturated heterocycles. The summed E-state index contributed by atoms with van der Waals surface area (Å²) in [4.78, 5) is 10.5. The van der Waals surface area contributed by atoms with E-state index in [4.69, 9.17) is 5.11 Å². The van der Waals surface area contributed by atoms with Crippen LogP contribution in [0, 0.1) is 5.82 Å². The SMILES string of the molecule is O=C(O)CC1=CS(=O)(=O)c2ccc(F)cc21. The second-order valence-electron chi connectivity index (χ2n) is 3.40. The normalized spacial score (nSPS) is 16.7. The van der Waals surface area contributed by atoms with E-state index in [0.717, 1.165) is 23.6 Å². The average molecular weight is 242 g/mol. The highest BCUT2D eigenvalue weighted by Crippen LogP contribution is 2.35. The first-order valence-corrected chi connectivity index (χ1v) is 5.92. The Morgan fingerprint density at radius 3 is 2.69 bits per heavy atom. The lowest BCUT2D eigenvalue weighted by molar-refractivity contribution is -0.135. The summed E-state index contributed by atoms with van der Waals surface area (Å²) in [6.45, 7) is 0. The first kappa shape index (κ1) is 10.8. The largest absolute Gasteiger partial charge is 0.481 e. The third-order valence-electron chi connectivity index (χ3n) is 2.23. The molecule has 0 aliphatic carbocycles. The van der Waals surface area contributed by atoms with Gasteiger partial charge in [-0.1, -0.05) is 0 Å². The Balaban J connectivity index is 2.61. The zero-order valence-corrected chi connectivity index (χ0v) is 8.79. The number of carbonyl (C=O) groups is 1. The van der Waals surface area contributed by atoms with Crippen molar-refractivity contribution in [1.82, 2.24) is 0 Å². The number of carboxylic acids is 1. The third kappa shape index (κ3) is 1.71. The molecule has 0 radical (unpaired) electrons. The van der Waals surface area contributed by atoms with Gasteiger partial charge in [0.05, 0.1) is 11.3 Å². The molecule has 16 heavy (non-hydrogen) atoms. The standard InChI is InChI=1S/C10H7FO4S/c11-7-1-2-9-8(4-7)6(3-10(12)13)5-16(9,14)15/h1-2,4-5H,3H2,(H,12,13). The molecule has 1 N–H and O–H groups in total. The maximum absolute atomic E-state index is 13.0. The zero-order chi connectivity index (χ0) is 11.9. The van der Waals surface area contributed by atoms with Gasteiger partial charge in [0.2, 0.25) is 9.84 Å². The van der Waals surface area contributed by atoms with Crippen LogP contribution < -0.4 is 0 Å². The highest BCUT2D eigenvalue weighted by molar-refractivity contribution is 7.95. The number of sulfone groups is 1. The molecule has 1 aliphatic heterocycles. The summed E-state index contributed by atoms with van der Waals surface area (Å²) in [6.07, 6.45) is -0.435. The first-order chi connectivity index (χ1) is 7.40. The minimum Gasteiger partial charge on any atom is -0.481 e. The summed E-state index contributed by atoms with van der Waals surface area (Å²) >= 11 is 0. The van der Waals surface area contributed by atoms with Crippen LogP contribution in [-0.2, 0) is 14.6 Å². The van der Waals surface area contributed by atoms with Crippen LogP contribution in [0.25, 0.3) is 5.57 Å². The van der Waals surface area contributed by atoms with Crippen LogP contribution in [0.1, 0.15) is 12.0 Å². The van der Waals surface area contributed by atoms with Crippen molar-refractivity contribution in [2.24, 2.45) is 0 Å². The Bertz CT molecular complexity index is 601. The second-order valence-corrected chi connectivity index (χ2v) is 5.16. The molecule has 0 fully saturated rings. The van der Waals surface area contributed by atoms with E-state index in [1.165, 1.54) is 0 Å². The van der Waals surface area contributed by atoms with Crippen molar-refractivity contribution in [1.29, 1.82) is 0 Å². The minimum atomic E-state index is -3.61. The van der Waals surface area contributed by atoms with Gasteiger partial charge in [-0.15, -0.1) is 0 Å². The Hall–Kier alpha value is -1.69. The number of benzene rings is 1. The van der Waals surface area contributed by atoms with Crippen molar-refractivity contribution >= 4 is 21.4 Å². The van der Waals surface area contributed by atoms with E-state index in [1.54, 1.807) is 0 Å². The summed E-state index contributed by atoms with van der Waals surface area (Å²) in [5.74, 6) is -1.74. The Labute approximate surface area is 90.9 Å². The van der Waals surface area contributed by atoms with Crippen molar-refractivity contribution in [2.75, 3.05) is 0 Å². The van der Waals surface area contributed by atoms with Crippen LogP contribution in [0.15, 0.2) is 28.5 Å². The number of fused-ring (bicyclic) bond motifs is 1. The van der Waals surface area contributed by atoms with Gasteiger partial charge in [0.1, 0.15) is 5.82 Å². The van der Waals surface area contributed by atoms with Gasteiger partial charge in [-0.3, -0.25) is 4.79 Å². The zero-order valence-electron chi connectivity index (χ0n) is 7.97. The fourth-order valence-electron chi connectivity index (χ4n) is 1.62. The third-order valence-corrected chi connectivity index (χ3v) is 3.80. The van der Waals surface area contributed by atoms with Gasteiger partial charge >= 0.3 is 5.97 Å². The fraction of sp³-hybridized carbons (Fsp3) is 0.100. The van der Waals surface area contributed by atoms with Crippen LogP contribution in [0.4, 0.5) is 4.39 Å². The number of halogens is 1. The topological polar surface area (TPSA) is 71.4 Å². The van der Waals surface area contributed by atoms with Gasteiger partial charge in [0.15, 0.2) is 0 Å². The molecule has 1 aliphatic rings. The van der Waals surface area contributed by atoms with E-state index >= 15 is 0 Å². The van der Waals surface area contributed by atoms with Crippen LogP contribution in [-0.4, -0.2) is 19.5 Å². The molecule has 0 unspecified atom stereocenters. The molecular formula is C10H7FO4S. The molecule has 0 saturated carbocycles. The summed E-state index contributed by atoms with van der Waals surface area (Å²) in [5.41, 5.74) is 0.254. The lowest BCUT2D eigenvalue weighted by atomic mass is 10.1. The maximum atomic E-state index is 13.0. The van der Waals surface area contributed by atoms with Crippen LogP contribution in [0.2, 0.25) is 0 Å². The number of rotatable bonds is 2. The van der Waals surface area contributed by atoms with Gasteiger partial charge < -0.3 is 5.11 Å². The molecule has 1 aromatic rings. The summed E-state index contributed by atoms with van der Waals surface area (Å²) in [6, 6.07) is 3.22. The number of aliphatic carboxylic acids is 1. The van der Waals surface area contributed by atoms with Crippen LogP contribution in [0.5, 0.6) is 0 Å². The van der Waals surface area contributed by atoms with Crippen molar-refractivity contribution in [3.05, 3.63) is 35.0 Å². The van der Waals surface area contributed by atoms with E-state index in [9.17, 15) is 17.6 Å². The van der Waals surface area contributed by atoms with Crippen molar-refractivity contribution < 1.29 is 22.7 Å². The molecule has 1 heterocycles. The average Bonchev–Trinajstić information content (AvgIpc) is 2.37. The molecule has 0 aromatic heterocycles. The summed E-state index contributed by atoms with van der Waals surface area (Å²) < 4.78 is 36.1. The molecule has 2 rings (SSSR count). The first-order valence-electron chi connectivity index (χ1n) is 4.37. The van der Waals surface area contributed by atoms with E-state index in [2.05, 4.69) is 0 Å². The molecule has 0 bridgehead atoms. The predicted octanol–water partition coefficient (Wildman–Crippen LogP) is 1.43. The lowest BCUT2D eigenvalue weighted by Crippen LogP contribution is -1.96. The minimum absolute atomic E-state index is 0.0369. The monoisotopic (exact) mass is 242 g/mol. The Morgan fingerprint density at radius 1 is 1.38 bits per heavy atom. The molecule has 0 atom stereocenters. The van der Waals surface area contributed by atoms with Gasteiger partial charge in [0, 0.05) is 11.0 Å². The van der Waals surface area contributed by atoms with Crippen LogP contribution in [0.3, 0.4) is 0 Å². The molecule has 84 valence electrons. The molecule has 1 aromatic carbocycles. The fourth-order valence-corrected chi connectivity index (χ4v) is 3.08. The van der Waals surface area contributed by atoms with E-state index in [1.807, 2.05) is 0 Å². The maximum Gasteiger partial charge on any atom is 0.307 e. The molecule has 0 amide bonds. The van der Waals surface area contributed by atoms with Crippen molar-refractivity contribution in [3.8, 4) is 0 Å². The van der Waals surface area contributed by atoms with Crippen LogP contribution >= 0.6 is 0 Å². The molecule has 6 heteroatoms. The predicted molar refractivity (Wildman–Crippen MR) is 53.8 cm³/mol. The quantitative estimate of drug-likeness (QED) is 0.796. The van der Waals surface area contributed by atoms with Crippen molar-refractivity contribution in [2.45, 2.75) is 11.3 Å². The van der Waals surface area contributed by atoms with E-state index in [0.29, 0.717) is 0 Å². The molecule has 0 spiro atoms. The van der Waals surface area contributed by atoms with Gasteiger partial charge in [-0.25, -0.2) is 12.8 Å². The Kier molecular flexibility index (Phi) is 2.31. The lowest BCUT2D eigenvalue weighted by Gasteiger charge is -2.01. The number of hydrogen-bond acceptors (Lipinski definition) is 3. The smallest absolute Gasteiger partial charge is 0.307 e. The Morgan fingerprint density at radius 2 is 2.06 bits per heavy atom. The van der Waals surface area contributed by atoms with Gasteiger partial charge in [-0.2, -0.15) is 0 Å². The molecule has 4 nitrogen and oxygen atoms in total. The van der Waals surface area contributed by atoms with Crippen molar-refractivity contribution in [3.63, 3.8) is 0 Å². The molecular weight excluding hydrogens is 235 g/mol. The highest BCUT2D eigenvalue weighted by Gasteiger charge is 2.28. The number of carboxylic acid groups (broad SMARTS) is 1. The highest BCUT2D eigenvalue weighted by atomic mass is 32.2. The van der Waals surface area contributed by atoms with E-state index in [-0.39, 0.29) is 16.0 Å². The van der Waals surface area contributed by atoms with Gasteiger partial charge in [-0.05, 0) is 23.8 Å². The summed E-state index contributed by atoms with van der Waals surface area (Å²) in [5, 5.41) is 9.49. The second kappa shape index (κ2) is 3.41. The van der Waals surface area contributed by atoms with Gasteiger partial charge in [0.25, 0.3) is 0 Å². The number of hydrogen-bond donors (Lipinski definition) is 1.